The minimum Gasteiger partial charge on any atom is -0.300 e. The Balaban J connectivity index is 1.83. The lowest BCUT2D eigenvalue weighted by molar-refractivity contribution is -0.154. The molecular weight excluding hydrogens is 153 g/mol. The SMILES string of the molecule is CC(C)N1CC2(C1)CC(C)(F)C2. The maximum atomic E-state index is 13.2. The van der Waals surface area contributed by atoms with Crippen molar-refractivity contribution >= 4 is 0 Å². The monoisotopic (exact) mass is 171 g/mol. The number of rotatable bonds is 1. The van der Waals surface area contributed by atoms with Crippen LogP contribution in [0.3, 0.4) is 0 Å². The van der Waals surface area contributed by atoms with Crippen molar-refractivity contribution in [3.8, 4) is 0 Å². The normalized spacial score (nSPS) is 31.8. The molecule has 0 atom stereocenters. The summed E-state index contributed by atoms with van der Waals surface area (Å²) >= 11 is 0. The molecule has 0 N–H and O–H groups in total. The summed E-state index contributed by atoms with van der Waals surface area (Å²) in [5, 5.41) is 0. The van der Waals surface area contributed by atoms with E-state index in [1.165, 1.54) is 0 Å². The predicted octanol–water partition coefficient (Wildman–Crippen LogP) is 2.22. The zero-order valence-electron chi connectivity index (χ0n) is 8.23. The molecule has 70 valence electrons. The molecule has 0 radical (unpaired) electrons. The Morgan fingerprint density at radius 1 is 1.25 bits per heavy atom. The van der Waals surface area contributed by atoms with Gasteiger partial charge < -0.3 is 0 Å². The summed E-state index contributed by atoms with van der Waals surface area (Å²) in [5.41, 5.74) is -0.461. The molecule has 1 aliphatic carbocycles. The van der Waals surface area contributed by atoms with Crippen LogP contribution in [-0.2, 0) is 0 Å². The molecule has 0 amide bonds. The van der Waals surface area contributed by atoms with Crippen molar-refractivity contribution in [2.24, 2.45) is 5.41 Å². The van der Waals surface area contributed by atoms with Crippen LogP contribution in [0.4, 0.5) is 4.39 Å². The van der Waals surface area contributed by atoms with E-state index in [4.69, 9.17) is 0 Å². The average molecular weight is 171 g/mol. The molecule has 1 spiro atoms. The molecule has 0 bridgehead atoms. The largest absolute Gasteiger partial charge is 0.300 e. The quantitative estimate of drug-likeness (QED) is 0.584. The molecule has 0 unspecified atom stereocenters. The van der Waals surface area contributed by atoms with Crippen LogP contribution in [0.5, 0.6) is 0 Å². The summed E-state index contributed by atoms with van der Waals surface area (Å²) in [6.07, 6.45) is 1.59. The van der Waals surface area contributed by atoms with Crippen molar-refractivity contribution in [3.05, 3.63) is 0 Å². The van der Waals surface area contributed by atoms with Gasteiger partial charge in [-0.05, 0) is 33.6 Å². The smallest absolute Gasteiger partial charge is 0.109 e. The van der Waals surface area contributed by atoms with Gasteiger partial charge in [0.25, 0.3) is 0 Å². The van der Waals surface area contributed by atoms with Crippen LogP contribution in [0.15, 0.2) is 0 Å². The van der Waals surface area contributed by atoms with E-state index in [9.17, 15) is 4.39 Å². The fourth-order valence-corrected chi connectivity index (χ4v) is 2.92. The van der Waals surface area contributed by atoms with E-state index >= 15 is 0 Å². The number of likely N-dealkylation sites (tertiary alicyclic amines) is 1. The standard InChI is InChI=1S/C10H18FN/c1-8(2)12-6-10(7-12)4-9(3,11)5-10/h8H,4-7H2,1-3H3. The summed E-state index contributed by atoms with van der Waals surface area (Å²) in [6.45, 7) is 8.41. The van der Waals surface area contributed by atoms with Gasteiger partial charge in [-0.1, -0.05) is 0 Å². The van der Waals surface area contributed by atoms with Crippen LogP contribution in [0.25, 0.3) is 0 Å². The molecule has 0 aromatic rings. The topological polar surface area (TPSA) is 3.24 Å². The van der Waals surface area contributed by atoms with Crippen LogP contribution in [0, 0.1) is 5.41 Å². The molecule has 2 heteroatoms. The van der Waals surface area contributed by atoms with Gasteiger partial charge in [-0.15, -0.1) is 0 Å². The highest BCUT2D eigenvalue weighted by atomic mass is 19.1. The van der Waals surface area contributed by atoms with Gasteiger partial charge in [0.15, 0.2) is 0 Å². The van der Waals surface area contributed by atoms with Gasteiger partial charge in [-0.25, -0.2) is 4.39 Å². The highest BCUT2D eigenvalue weighted by Gasteiger charge is 2.58. The highest BCUT2D eigenvalue weighted by Crippen LogP contribution is 2.56. The molecule has 0 aromatic heterocycles. The van der Waals surface area contributed by atoms with Crippen LogP contribution in [0.1, 0.15) is 33.6 Å². The maximum Gasteiger partial charge on any atom is 0.109 e. The maximum absolute atomic E-state index is 13.2. The van der Waals surface area contributed by atoms with Gasteiger partial charge in [-0.3, -0.25) is 4.90 Å². The van der Waals surface area contributed by atoms with Crippen LogP contribution in [-0.4, -0.2) is 29.7 Å². The molecule has 2 aliphatic rings. The van der Waals surface area contributed by atoms with Crippen molar-refractivity contribution in [2.75, 3.05) is 13.1 Å². The first-order chi connectivity index (χ1) is 5.43. The summed E-state index contributed by atoms with van der Waals surface area (Å²) in [4.78, 5) is 2.43. The third-order valence-corrected chi connectivity index (χ3v) is 3.29. The molecule has 1 heterocycles. The lowest BCUT2D eigenvalue weighted by Crippen LogP contribution is -2.67. The number of alkyl halides is 1. The second kappa shape index (κ2) is 2.22. The third kappa shape index (κ3) is 1.17. The molecule has 2 rings (SSSR count). The van der Waals surface area contributed by atoms with E-state index in [0.29, 0.717) is 11.5 Å². The average Bonchev–Trinajstić information content (AvgIpc) is 1.75. The summed E-state index contributed by atoms with van der Waals surface area (Å²) < 4.78 is 13.2. The number of halogens is 1. The number of hydrogen-bond donors (Lipinski definition) is 0. The van der Waals surface area contributed by atoms with Crippen LogP contribution in [0.2, 0.25) is 0 Å². The summed E-state index contributed by atoms with van der Waals surface area (Å²) in [7, 11) is 0. The Bertz CT molecular complexity index is 182. The van der Waals surface area contributed by atoms with E-state index in [1.807, 2.05) is 0 Å². The van der Waals surface area contributed by atoms with Crippen LogP contribution >= 0.6 is 0 Å². The lowest BCUT2D eigenvalue weighted by atomic mass is 9.56. The Hall–Kier alpha value is -0.110. The third-order valence-electron chi connectivity index (χ3n) is 3.29. The molecule has 1 aliphatic heterocycles. The second-order valence-electron chi connectivity index (χ2n) is 5.27. The number of hydrogen-bond acceptors (Lipinski definition) is 1. The van der Waals surface area contributed by atoms with E-state index in [0.717, 1.165) is 25.9 Å². The molecule has 2 fully saturated rings. The molecular formula is C10H18FN. The van der Waals surface area contributed by atoms with Gasteiger partial charge >= 0.3 is 0 Å². The van der Waals surface area contributed by atoms with Gasteiger partial charge in [0.2, 0.25) is 0 Å². The first-order valence-electron chi connectivity index (χ1n) is 4.86. The Labute approximate surface area is 73.9 Å². The summed E-state index contributed by atoms with van der Waals surface area (Å²) in [6, 6.07) is 0.641. The first kappa shape index (κ1) is 8.49. The van der Waals surface area contributed by atoms with Gasteiger partial charge in [0, 0.05) is 24.5 Å². The Morgan fingerprint density at radius 2 is 1.75 bits per heavy atom. The van der Waals surface area contributed by atoms with Gasteiger partial charge in [0.1, 0.15) is 5.67 Å². The van der Waals surface area contributed by atoms with Crippen molar-refractivity contribution in [2.45, 2.75) is 45.3 Å². The molecule has 1 saturated carbocycles. The van der Waals surface area contributed by atoms with Crippen molar-refractivity contribution in [3.63, 3.8) is 0 Å². The van der Waals surface area contributed by atoms with E-state index < -0.39 is 5.67 Å². The van der Waals surface area contributed by atoms with Crippen molar-refractivity contribution < 1.29 is 4.39 Å². The van der Waals surface area contributed by atoms with Crippen molar-refractivity contribution in [1.29, 1.82) is 0 Å². The molecule has 1 nitrogen and oxygen atoms in total. The van der Waals surface area contributed by atoms with Crippen LogP contribution < -0.4 is 0 Å². The first-order valence-corrected chi connectivity index (χ1v) is 4.86. The minimum atomic E-state index is -0.844. The number of nitrogens with zero attached hydrogens (tertiary/aromatic N) is 1. The zero-order valence-corrected chi connectivity index (χ0v) is 8.23. The fourth-order valence-electron chi connectivity index (χ4n) is 2.92. The Morgan fingerprint density at radius 3 is 2.08 bits per heavy atom. The van der Waals surface area contributed by atoms with Gasteiger partial charge in [0.05, 0.1) is 0 Å². The Kier molecular flexibility index (Phi) is 1.57. The fraction of sp³-hybridized carbons (Fsp3) is 1.00. The highest BCUT2D eigenvalue weighted by molar-refractivity contribution is 5.10. The summed E-state index contributed by atoms with van der Waals surface area (Å²) in [5.74, 6) is 0. The van der Waals surface area contributed by atoms with E-state index in [-0.39, 0.29) is 0 Å². The second-order valence-corrected chi connectivity index (χ2v) is 5.27. The van der Waals surface area contributed by atoms with Gasteiger partial charge in [-0.2, -0.15) is 0 Å². The van der Waals surface area contributed by atoms with E-state index in [2.05, 4.69) is 18.7 Å². The molecule has 12 heavy (non-hydrogen) atoms. The van der Waals surface area contributed by atoms with Crippen molar-refractivity contribution in [1.82, 2.24) is 4.90 Å². The molecule has 0 aromatic carbocycles. The van der Waals surface area contributed by atoms with E-state index in [1.54, 1.807) is 6.92 Å². The molecule has 1 saturated heterocycles. The zero-order chi connectivity index (χ0) is 8.98. The minimum absolute atomic E-state index is 0.383. The lowest BCUT2D eigenvalue weighted by Gasteiger charge is -2.61. The predicted molar refractivity (Wildman–Crippen MR) is 47.9 cm³/mol.